The van der Waals surface area contributed by atoms with Crippen molar-refractivity contribution in [2.24, 2.45) is 0 Å². The molecular formula is C17H21FN2O4. The molecule has 1 aliphatic rings. The molecule has 1 saturated carbocycles. The number of esters is 1. The van der Waals surface area contributed by atoms with Gasteiger partial charge in [0, 0.05) is 19.5 Å². The molecular weight excluding hydrogens is 315 g/mol. The first-order valence-electron chi connectivity index (χ1n) is 7.87. The lowest BCUT2D eigenvalue weighted by Crippen LogP contribution is -2.40. The zero-order valence-corrected chi connectivity index (χ0v) is 13.6. The molecule has 130 valence electrons. The first kappa shape index (κ1) is 17.9. The highest BCUT2D eigenvalue weighted by Crippen LogP contribution is 2.18. The van der Waals surface area contributed by atoms with Crippen LogP contribution in [-0.2, 0) is 25.5 Å². The molecule has 0 atom stereocenters. The summed E-state index contributed by atoms with van der Waals surface area (Å²) in [4.78, 5) is 36.3. The number of hydrogen-bond donors (Lipinski definition) is 1. The van der Waals surface area contributed by atoms with Crippen LogP contribution in [0.2, 0.25) is 0 Å². The van der Waals surface area contributed by atoms with Gasteiger partial charge < -0.3 is 15.0 Å². The number of carbonyl (C=O) groups excluding carboxylic acids is 3. The number of ether oxygens (including phenoxy) is 1. The highest BCUT2D eigenvalue weighted by atomic mass is 19.1. The van der Waals surface area contributed by atoms with E-state index in [0.717, 1.165) is 18.4 Å². The molecule has 0 spiro atoms. The second-order valence-electron chi connectivity index (χ2n) is 5.88. The van der Waals surface area contributed by atoms with E-state index in [9.17, 15) is 18.8 Å². The summed E-state index contributed by atoms with van der Waals surface area (Å²) in [5.41, 5.74) is 0.813. The zero-order valence-electron chi connectivity index (χ0n) is 13.6. The van der Waals surface area contributed by atoms with Crippen LogP contribution in [0.15, 0.2) is 24.3 Å². The fourth-order valence-electron chi connectivity index (χ4n) is 2.03. The van der Waals surface area contributed by atoms with E-state index >= 15 is 0 Å². The topological polar surface area (TPSA) is 75.7 Å². The third kappa shape index (κ3) is 6.36. The van der Waals surface area contributed by atoms with Crippen LogP contribution >= 0.6 is 0 Å². The van der Waals surface area contributed by atoms with Crippen molar-refractivity contribution in [1.29, 1.82) is 0 Å². The Morgan fingerprint density at radius 3 is 2.54 bits per heavy atom. The molecule has 7 heteroatoms. The molecule has 2 rings (SSSR count). The van der Waals surface area contributed by atoms with Crippen LogP contribution in [0, 0.1) is 5.82 Å². The number of likely N-dealkylation sites (N-methyl/N-ethyl adjacent to an activating group) is 1. The van der Waals surface area contributed by atoms with Crippen molar-refractivity contribution in [3.63, 3.8) is 0 Å². The van der Waals surface area contributed by atoms with E-state index in [1.165, 1.54) is 24.1 Å². The monoisotopic (exact) mass is 336 g/mol. The van der Waals surface area contributed by atoms with Crippen molar-refractivity contribution in [2.45, 2.75) is 31.7 Å². The smallest absolute Gasteiger partial charge is 0.306 e. The van der Waals surface area contributed by atoms with Crippen molar-refractivity contribution in [1.82, 2.24) is 10.2 Å². The Hall–Kier alpha value is -2.44. The first-order chi connectivity index (χ1) is 11.4. The van der Waals surface area contributed by atoms with E-state index in [-0.39, 0.29) is 30.7 Å². The summed E-state index contributed by atoms with van der Waals surface area (Å²) in [6.45, 7) is -0.447. The lowest BCUT2D eigenvalue weighted by Gasteiger charge is -2.16. The van der Waals surface area contributed by atoms with Crippen LogP contribution in [-0.4, -0.2) is 48.9 Å². The number of benzene rings is 1. The summed E-state index contributed by atoms with van der Waals surface area (Å²) >= 11 is 0. The number of carbonyl (C=O) groups is 3. The number of halogens is 1. The van der Waals surface area contributed by atoms with Gasteiger partial charge in [0.05, 0.1) is 6.54 Å². The van der Waals surface area contributed by atoms with Crippen LogP contribution in [0.25, 0.3) is 0 Å². The van der Waals surface area contributed by atoms with Gasteiger partial charge in [-0.1, -0.05) is 12.1 Å². The summed E-state index contributed by atoms with van der Waals surface area (Å²) in [5, 5.41) is 2.78. The Labute approximate surface area is 140 Å². The Morgan fingerprint density at radius 2 is 1.92 bits per heavy atom. The minimum absolute atomic E-state index is 0.0531. The van der Waals surface area contributed by atoms with Crippen LogP contribution in [0.3, 0.4) is 0 Å². The molecule has 2 amide bonds. The fourth-order valence-corrected chi connectivity index (χ4v) is 2.03. The summed E-state index contributed by atoms with van der Waals surface area (Å²) in [5.74, 6) is -1.49. The first-order valence-corrected chi connectivity index (χ1v) is 7.87. The molecule has 1 N–H and O–H groups in total. The molecule has 0 heterocycles. The van der Waals surface area contributed by atoms with Gasteiger partial charge in [0.2, 0.25) is 5.91 Å². The number of nitrogens with zero attached hydrogens (tertiary/aromatic N) is 1. The molecule has 24 heavy (non-hydrogen) atoms. The van der Waals surface area contributed by atoms with Crippen LogP contribution in [0.1, 0.15) is 24.8 Å². The minimum Gasteiger partial charge on any atom is -0.456 e. The van der Waals surface area contributed by atoms with E-state index in [1.807, 2.05) is 0 Å². The van der Waals surface area contributed by atoms with Crippen molar-refractivity contribution in [3.8, 4) is 0 Å². The van der Waals surface area contributed by atoms with Gasteiger partial charge in [0.15, 0.2) is 6.61 Å². The Bertz CT molecular complexity index is 599. The lowest BCUT2D eigenvalue weighted by atomic mass is 10.1. The van der Waals surface area contributed by atoms with Crippen LogP contribution < -0.4 is 5.32 Å². The third-order valence-electron chi connectivity index (χ3n) is 3.64. The molecule has 0 saturated heterocycles. The summed E-state index contributed by atoms with van der Waals surface area (Å²) in [6.07, 6.45) is 2.47. The molecule has 6 nitrogen and oxygen atoms in total. The highest BCUT2D eigenvalue weighted by Gasteiger charge is 2.24. The van der Waals surface area contributed by atoms with Crippen LogP contribution in [0.4, 0.5) is 4.39 Å². The third-order valence-corrected chi connectivity index (χ3v) is 3.64. The number of hydrogen-bond acceptors (Lipinski definition) is 4. The normalized spacial score (nSPS) is 13.2. The average molecular weight is 336 g/mol. The van der Waals surface area contributed by atoms with Gasteiger partial charge in [0.1, 0.15) is 5.82 Å². The molecule has 1 aliphatic carbocycles. The molecule has 0 bridgehead atoms. The second-order valence-corrected chi connectivity index (χ2v) is 5.88. The van der Waals surface area contributed by atoms with Gasteiger partial charge >= 0.3 is 5.97 Å². The van der Waals surface area contributed by atoms with Gasteiger partial charge in [-0.05, 0) is 37.0 Å². The highest BCUT2D eigenvalue weighted by molar-refractivity contribution is 5.86. The zero-order chi connectivity index (χ0) is 17.5. The Balaban J connectivity index is 1.63. The molecule has 0 radical (unpaired) electrons. The SMILES string of the molecule is CN(CC(=O)NC1CC1)C(=O)COC(=O)CCc1ccc(F)cc1. The lowest BCUT2D eigenvalue weighted by molar-refractivity contribution is -0.151. The Morgan fingerprint density at radius 1 is 1.25 bits per heavy atom. The maximum absolute atomic E-state index is 12.8. The van der Waals surface area contributed by atoms with Gasteiger partial charge in [0.25, 0.3) is 5.91 Å². The van der Waals surface area contributed by atoms with E-state index in [0.29, 0.717) is 6.42 Å². The number of rotatable bonds is 8. The molecule has 0 aliphatic heterocycles. The number of nitrogens with one attached hydrogen (secondary N) is 1. The maximum Gasteiger partial charge on any atom is 0.306 e. The summed E-state index contributed by atoms with van der Waals surface area (Å²) in [6, 6.07) is 6.09. The Kier molecular flexibility index (Phi) is 6.28. The fraction of sp³-hybridized carbons (Fsp3) is 0.471. The van der Waals surface area contributed by atoms with Crippen LogP contribution in [0.5, 0.6) is 0 Å². The van der Waals surface area contributed by atoms with Gasteiger partial charge in [-0.3, -0.25) is 14.4 Å². The van der Waals surface area contributed by atoms with Crippen molar-refractivity contribution < 1.29 is 23.5 Å². The predicted octanol–water partition coefficient (Wildman–Crippen LogP) is 1.04. The van der Waals surface area contributed by atoms with Gasteiger partial charge in [-0.15, -0.1) is 0 Å². The van der Waals surface area contributed by atoms with Gasteiger partial charge in [-0.25, -0.2) is 4.39 Å². The minimum atomic E-state index is -0.511. The molecule has 1 aromatic rings. The van der Waals surface area contributed by atoms with Crippen molar-refractivity contribution in [2.75, 3.05) is 20.2 Å². The van der Waals surface area contributed by atoms with Gasteiger partial charge in [-0.2, -0.15) is 0 Å². The van der Waals surface area contributed by atoms with E-state index in [4.69, 9.17) is 4.74 Å². The standard InChI is InChI=1S/C17H21FN2O4/c1-20(10-15(21)19-14-7-8-14)16(22)11-24-17(23)9-4-12-2-5-13(18)6-3-12/h2-3,5-6,14H,4,7-11H2,1H3,(H,19,21). The molecule has 1 fully saturated rings. The average Bonchev–Trinajstić information content (AvgIpc) is 3.35. The van der Waals surface area contributed by atoms with E-state index in [2.05, 4.69) is 5.32 Å². The molecule has 0 unspecified atom stereocenters. The predicted molar refractivity (Wildman–Crippen MR) is 84.5 cm³/mol. The van der Waals surface area contributed by atoms with E-state index < -0.39 is 18.5 Å². The van der Waals surface area contributed by atoms with E-state index in [1.54, 1.807) is 12.1 Å². The van der Waals surface area contributed by atoms with Crippen molar-refractivity contribution >= 4 is 17.8 Å². The molecule has 0 aromatic heterocycles. The summed E-state index contributed by atoms with van der Waals surface area (Å²) < 4.78 is 17.7. The molecule has 1 aromatic carbocycles. The quantitative estimate of drug-likeness (QED) is 0.720. The number of amides is 2. The maximum atomic E-state index is 12.8. The summed E-state index contributed by atoms with van der Waals surface area (Å²) in [7, 11) is 1.49. The number of aryl methyl sites for hydroxylation is 1. The van der Waals surface area contributed by atoms with Crippen molar-refractivity contribution in [3.05, 3.63) is 35.6 Å². The second kappa shape index (κ2) is 8.42. The largest absolute Gasteiger partial charge is 0.456 e.